The Morgan fingerprint density at radius 2 is 1.58 bits per heavy atom. The van der Waals surface area contributed by atoms with Crippen LogP contribution in [0.2, 0.25) is 0 Å². The summed E-state index contributed by atoms with van der Waals surface area (Å²) in [5.41, 5.74) is 8.15. The zero-order valence-corrected chi connectivity index (χ0v) is 11.6. The zero-order chi connectivity index (χ0) is 14.0. The monoisotopic (exact) mass is 277 g/mol. The molecule has 0 spiro atoms. The molecule has 0 aliphatic heterocycles. The van der Waals surface area contributed by atoms with E-state index in [9.17, 15) is 8.42 Å². The fraction of sp³-hybridized carbons (Fsp3) is 0.143. The Hall–Kier alpha value is -2.01. The molecule has 0 aliphatic carbocycles. The predicted molar refractivity (Wildman–Crippen MR) is 76.0 cm³/mol. The highest BCUT2D eigenvalue weighted by molar-refractivity contribution is 7.90. The highest BCUT2D eigenvalue weighted by Crippen LogP contribution is 2.29. The van der Waals surface area contributed by atoms with Crippen LogP contribution in [0.25, 0.3) is 11.1 Å². The van der Waals surface area contributed by atoms with E-state index in [-0.39, 0.29) is 0 Å². The van der Waals surface area contributed by atoms with Crippen molar-refractivity contribution in [2.45, 2.75) is 4.90 Å². The van der Waals surface area contributed by atoms with E-state index in [1.807, 2.05) is 12.1 Å². The number of ether oxygens (including phenoxy) is 1. The van der Waals surface area contributed by atoms with Crippen LogP contribution < -0.4 is 10.5 Å². The Kier molecular flexibility index (Phi) is 3.48. The van der Waals surface area contributed by atoms with E-state index in [1.165, 1.54) is 6.26 Å². The second-order valence-electron chi connectivity index (χ2n) is 4.25. The Bertz CT molecular complexity index is 691. The van der Waals surface area contributed by atoms with Gasteiger partial charge in [0.15, 0.2) is 9.84 Å². The smallest absolute Gasteiger partial charge is 0.175 e. The number of hydrogen-bond acceptors (Lipinski definition) is 4. The van der Waals surface area contributed by atoms with Gasteiger partial charge in [0, 0.05) is 6.26 Å². The molecule has 5 heteroatoms. The van der Waals surface area contributed by atoms with E-state index in [4.69, 9.17) is 10.5 Å². The lowest BCUT2D eigenvalue weighted by Gasteiger charge is -2.08. The van der Waals surface area contributed by atoms with Gasteiger partial charge in [0.2, 0.25) is 0 Å². The predicted octanol–water partition coefficient (Wildman–Crippen LogP) is 2.35. The van der Waals surface area contributed by atoms with Gasteiger partial charge in [-0.3, -0.25) is 0 Å². The van der Waals surface area contributed by atoms with Crippen molar-refractivity contribution in [2.75, 3.05) is 19.1 Å². The highest BCUT2D eigenvalue weighted by Gasteiger charge is 2.08. The van der Waals surface area contributed by atoms with Crippen molar-refractivity contribution in [3.63, 3.8) is 0 Å². The van der Waals surface area contributed by atoms with E-state index in [2.05, 4.69) is 0 Å². The maximum Gasteiger partial charge on any atom is 0.175 e. The fourth-order valence-corrected chi connectivity index (χ4v) is 2.42. The molecule has 2 aromatic rings. The Labute approximate surface area is 112 Å². The second kappa shape index (κ2) is 4.93. The number of rotatable bonds is 3. The van der Waals surface area contributed by atoms with E-state index >= 15 is 0 Å². The van der Waals surface area contributed by atoms with E-state index < -0.39 is 9.84 Å². The molecule has 100 valence electrons. The third kappa shape index (κ3) is 2.88. The van der Waals surface area contributed by atoms with Gasteiger partial charge in [-0.1, -0.05) is 18.2 Å². The van der Waals surface area contributed by atoms with Gasteiger partial charge in [-0.2, -0.15) is 0 Å². The van der Waals surface area contributed by atoms with Crippen molar-refractivity contribution in [2.24, 2.45) is 0 Å². The molecule has 0 saturated carbocycles. The molecule has 0 radical (unpaired) electrons. The normalized spacial score (nSPS) is 11.3. The Morgan fingerprint density at radius 1 is 1.00 bits per heavy atom. The van der Waals surface area contributed by atoms with Crippen molar-refractivity contribution in [3.05, 3.63) is 42.5 Å². The molecule has 0 amide bonds. The van der Waals surface area contributed by atoms with Crippen molar-refractivity contribution in [3.8, 4) is 16.9 Å². The highest BCUT2D eigenvalue weighted by atomic mass is 32.2. The molecule has 0 aliphatic rings. The third-order valence-corrected chi connectivity index (χ3v) is 3.98. The average Bonchev–Trinajstić information content (AvgIpc) is 2.38. The van der Waals surface area contributed by atoms with Crippen LogP contribution in [0.1, 0.15) is 0 Å². The maximum absolute atomic E-state index is 11.4. The van der Waals surface area contributed by atoms with Gasteiger partial charge in [-0.15, -0.1) is 0 Å². The minimum atomic E-state index is -3.17. The summed E-state index contributed by atoms with van der Waals surface area (Å²) in [5.74, 6) is 0.602. The first-order valence-corrected chi connectivity index (χ1v) is 7.55. The van der Waals surface area contributed by atoms with Crippen molar-refractivity contribution >= 4 is 15.5 Å². The Morgan fingerprint density at radius 3 is 2.11 bits per heavy atom. The fourth-order valence-electron chi connectivity index (χ4n) is 1.79. The van der Waals surface area contributed by atoms with Crippen LogP contribution in [0.15, 0.2) is 47.4 Å². The van der Waals surface area contributed by atoms with E-state index in [0.29, 0.717) is 16.3 Å². The lowest BCUT2D eigenvalue weighted by Crippen LogP contribution is -1.96. The largest absolute Gasteiger partial charge is 0.495 e. The van der Waals surface area contributed by atoms with Gasteiger partial charge in [0.25, 0.3) is 0 Å². The van der Waals surface area contributed by atoms with Crippen molar-refractivity contribution in [1.29, 1.82) is 0 Å². The molecular weight excluding hydrogens is 262 g/mol. The van der Waals surface area contributed by atoms with E-state index in [0.717, 1.165) is 11.1 Å². The minimum absolute atomic E-state index is 0.304. The van der Waals surface area contributed by atoms with Gasteiger partial charge >= 0.3 is 0 Å². The van der Waals surface area contributed by atoms with Crippen molar-refractivity contribution in [1.82, 2.24) is 0 Å². The SMILES string of the molecule is COc1cc(-c2ccc(S(C)(=O)=O)cc2)ccc1N. The summed E-state index contributed by atoms with van der Waals surface area (Å²) < 4.78 is 27.9. The first-order chi connectivity index (χ1) is 8.91. The summed E-state index contributed by atoms with van der Waals surface area (Å²) in [5, 5.41) is 0. The summed E-state index contributed by atoms with van der Waals surface area (Å²) in [4.78, 5) is 0.304. The number of sulfone groups is 1. The molecule has 4 nitrogen and oxygen atoms in total. The molecule has 2 rings (SSSR count). The van der Waals surface area contributed by atoms with Gasteiger partial charge in [-0.25, -0.2) is 8.42 Å². The van der Waals surface area contributed by atoms with Crippen molar-refractivity contribution < 1.29 is 13.2 Å². The summed E-state index contributed by atoms with van der Waals surface area (Å²) in [7, 11) is -1.61. The molecule has 0 unspecified atom stereocenters. The maximum atomic E-state index is 11.4. The van der Waals surface area contributed by atoms with Gasteiger partial charge in [0.1, 0.15) is 5.75 Å². The van der Waals surface area contributed by atoms with Crippen LogP contribution >= 0.6 is 0 Å². The topological polar surface area (TPSA) is 69.4 Å². The third-order valence-electron chi connectivity index (χ3n) is 2.85. The molecule has 0 heterocycles. The van der Waals surface area contributed by atoms with Gasteiger partial charge in [0.05, 0.1) is 17.7 Å². The number of nitrogen functional groups attached to an aromatic ring is 1. The molecule has 0 aromatic heterocycles. The molecule has 2 aromatic carbocycles. The summed E-state index contributed by atoms with van der Waals surface area (Å²) in [6, 6.07) is 12.2. The number of nitrogens with two attached hydrogens (primary N) is 1. The lowest BCUT2D eigenvalue weighted by atomic mass is 10.1. The van der Waals surface area contributed by atoms with Gasteiger partial charge < -0.3 is 10.5 Å². The first kappa shape index (κ1) is 13.4. The van der Waals surface area contributed by atoms with Crippen LogP contribution in [0.5, 0.6) is 5.75 Å². The quantitative estimate of drug-likeness (QED) is 0.874. The van der Waals surface area contributed by atoms with Crippen LogP contribution in [-0.4, -0.2) is 21.8 Å². The lowest BCUT2D eigenvalue weighted by molar-refractivity contribution is 0.417. The average molecular weight is 277 g/mol. The standard InChI is InChI=1S/C14H15NO3S/c1-18-14-9-11(5-8-13(14)15)10-3-6-12(7-4-10)19(2,16)17/h3-9H,15H2,1-2H3. The Balaban J connectivity index is 2.43. The minimum Gasteiger partial charge on any atom is -0.495 e. The number of anilines is 1. The van der Waals surface area contributed by atoms with Crippen LogP contribution in [0.3, 0.4) is 0 Å². The number of benzene rings is 2. The first-order valence-electron chi connectivity index (χ1n) is 5.66. The molecular formula is C14H15NO3S. The summed E-state index contributed by atoms with van der Waals surface area (Å²) in [6.45, 7) is 0. The second-order valence-corrected chi connectivity index (χ2v) is 6.27. The summed E-state index contributed by atoms with van der Waals surface area (Å²) in [6.07, 6.45) is 1.19. The molecule has 2 N–H and O–H groups in total. The molecule has 0 fully saturated rings. The van der Waals surface area contributed by atoms with Crippen LogP contribution in [-0.2, 0) is 9.84 Å². The molecule has 0 saturated heterocycles. The van der Waals surface area contributed by atoms with Crippen LogP contribution in [0.4, 0.5) is 5.69 Å². The number of methoxy groups -OCH3 is 1. The molecule has 0 atom stereocenters. The van der Waals surface area contributed by atoms with Crippen LogP contribution in [0, 0.1) is 0 Å². The molecule has 0 bridgehead atoms. The molecule has 19 heavy (non-hydrogen) atoms. The number of hydrogen-bond donors (Lipinski definition) is 1. The summed E-state index contributed by atoms with van der Waals surface area (Å²) >= 11 is 0. The van der Waals surface area contributed by atoms with Gasteiger partial charge in [-0.05, 0) is 35.4 Å². The zero-order valence-electron chi connectivity index (χ0n) is 10.8. The van der Waals surface area contributed by atoms with E-state index in [1.54, 1.807) is 37.4 Å².